The Morgan fingerprint density at radius 3 is 2.39 bits per heavy atom. The van der Waals surface area contributed by atoms with E-state index in [4.69, 9.17) is 9.84 Å². The quantitative estimate of drug-likeness (QED) is 0.772. The Balaban J connectivity index is 2.48. The van der Waals surface area contributed by atoms with Crippen LogP contribution in [-0.4, -0.2) is 30.9 Å². The Labute approximate surface area is 104 Å². The van der Waals surface area contributed by atoms with E-state index in [-0.39, 0.29) is 12.7 Å². The van der Waals surface area contributed by atoms with Gasteiger partial charge in [-0.15, -0.1) is 0 Å². The van der Waals surface area contributed by atoms with Crippen LogP contribution in [0.4, 0.5) is 13.2 Å². The number of aliphatic hydroxyl groups excluding tert-OH is 1. The Bertz CT molecular complexity index is 351. The van der Waals surface area contributed by atoms with E-state index in [1.54, 1.807) is 6.92 Å². The van der Waals surface area contributed by atoms with Crippen LogP contribution in [0, 0.1) is 0 Å². The first-order chi connectivity index (χ1) is 8.43. The molecule has 6 heteroatoms. The zero-order chi connectivity index (χ0) is 13.6. The summed E-state index contributed by atoms with van der Waals surface area (Å²) < 4.78 is 42.4. The minimum absolute atomic E-state index is 0.0347. The molecule has 102 valence electrons. The second kappa shape index (κ2) is 6.61. The maximum atomic E-state index is 12.3. The van der Waals surface area contributed by atoms with Crippen molar-refractivity contribution < 1.29 is 23.0 Å². The third-order valence-electron chi connectivity index (χ3n) is 2.24. The van der Waals surface area contributed by atoms with Gasteiger partial charge in [-0.3, -0.25) is 0 Å². The number of nitrogens with one attached hydrogen (secondary N) is 1. The van der Waals surface area contributed by atoms with Crippen molar-refractivity contribution in [2.24, 2.45) is 0 Å². The Kier molecular flexibility index (Phi) is 5.43. The fraction of sp³-hybridized carbons (Fsp3) is 0.500. The van der Waals surface area contributed by atoms with Crippen LogP contribution in [0.5, 0.6) is 5.75 Å². The van der Waals surface area contributed by atoms with Crippen LogP contribution in [0.2, 0.25) is 0 Å². The van der Waals surface area contributed by atoms with Gasteiger partial charge in [-0.1, -0.05) is 0 Å². The summed E-state index contributed by atoms with van der Waals surface area (Å²) in [7, 11) is 0. The van der Waals surface area contributed by atoms with Crippen LogP contribution in [0.15, 0.2) is 24.3 Å². The second-order valence-electron chi connectivity index (χ2n) is 3.88. The molecule has 0 amide bonds. The SMILES string of the molecule is C[C@H](CNCCO)Oc1ccc(C(F)(F)F)cc1. The van der Waals surface area contributed by atoms with Gasteiger partial charge >= 0.3 is 6.18 Å². The maximum Gasteiger partial charge on any atom is 0.416 e. The zero-order valence-electron chi connectivity index (χ0n) is 10.00. The first-order valence-corrected chi connectivity index (χ1v) is 5.59. The van der Waals surface area contributed by atoms with Crippen molar-refractivity contribution in [3.8, 4) is 5.75 Å². The van der Waals surface area contributed by atoms with E-state index in [2.05, 4.69) is 5.32 Å². The minimum atomic E-state index is -4.33. The summed E-state index contributed by atoms with van der Waals surface area (Å²) in [6.07, 6.45) is -4.51. The molecule has 3 nitrogen and oxygen atoms in total. The summed E-state index contributed by atoms with van der Waals surface area (Å²) in [5, 5.41) is 11.5. The highest BCUT2D eigenvalue weighted by Crippen LogP contribution is 2.30. The van der Waals surface area contributed by atoms with E-state index in [9.17, 15) is 13.2 Å². The number of ether oxygens (including phenoxy) is 1. The Hall–Kier alpha value is -1.27. The lowest BCUT2D eigenvalue weighted by atomic mass is 10.2. The summed E-state index contributed by atoms with van der Waals surface area (Å²) in [5.74, 6) is 0.390. The molecule has 1 aromatic carbocycles. The van der Waals surface area contributed by atoms with Crippen molar-refractivity contribution in [1.82, 2.24) is 5.32 Å². The summed E-state index contributed by atoms with van der Waals surface area (Å²) in [4.78, 5) is 0. The lowest BCUT2D eigenvalue weighted by Crippen LogP contribution is -2.30. The fourth-order valence-corrected chi connectivity index (χ4v) is 1.38. The van der Waals surface area contributed by atoms with Crippen molar-refractivity contribution >= 4 is 0 Å². The van der Waals surface area contributed by atoms with E-state index in [1.165, 1.54) is 12.1 Å². The zero-order valence-corrected chi connectivity index (χ0v) is 10.00. The number of hydrogen-bond donors (Lipinski definition) is 2. The maximum absolute atomic E-state index is 12.3. The monoisotopic (exact) mass is 263 g/mol. The van der Waals surface area contributed by atoms with E-state index in [0.717, 1.165) is 12.1 Å². The number of benzene rings is 1. The molecule has 0 spiro atoms. The molecule has 2 N–H and O–H groups in total. The van der Waals surface area contributed by atoms with Gasteiger partial charge in [0.1, 0.15) is 11.9 Å². The van der Waals surface area contributed by atoms with E-state index >= 15 is 0 Å². The largest absolute Gasteiger partial charge is 0.489 e. The van der Waals surface area contributed by atoms with Gasteiger partial charge in [-0.05, 0) is 31.2 Å². The molecule has 0 aliphatic rings. The van der Waals surface area contributed by atoms with Crippen molar-refractivity contribution in [1.29, 1.82) is 0 Å². The summed E-state index contributed by atoms with van der Waals surface area (Å²) >= 11 is 0. The van der Waals surface area contributed by atoms with E-state index < -0.39 is 11.7 Å². The molecule has 1 aromatic rings. The normalized spacial score (nSPS) is 13.4. The first kappa shape index (κ1) is 14.8. The predicted octanol–water partition coefficient (Wildman–Crippen LogP) is 2.05. The van der Waals surface area contributed by atoms with Crippen molar-refractivity contribution in [2.75, 3.05) is 19.7 Å². The molecule has 0 saturated heterocycles. The number of rotatable bonds is 6. The molecule has 0 aliphatic heterocycles. The molecule has 0 saturated carbocycles. The third kappa shape index (κ3) is 4.93. The molecule has 0 heterocycles. The standard InChI is InChI=1S/C12H16F3NO2/c1-9(8-16-6-7-17)18-11-4-2-10(3-5-11)12(13,14)15/h2-5,9,16-17H,6-8H2,1H3/t9-/m1/s1. The molecular formula is C12H16F3NO2. The van der Waals surface area contributed by atoms with Gasteiger partial charge in [0.05, 0.1) is 12.2 Å². The Morgan fingerprint density at radius 2 is 1.89 bits per heavy atom. The molecule has 0 unspecified atom stereocenters. The first-order valence-electron chi connectivity index (χ1n) is 5.59. The average molecular weight is 263 g/mol. The van der Waals surface area contributed by atoms with Gasteiger partial charge in [-0.25, -0.2) is 0 Å². The highest BCUT2D eigenvalue weighted by Gasteiger charge is 2.30. The van der Waals surface area contributed by atoms with Gasteiger partial charge in [0.2, 0.25) is 0 Å². The highest BCUT2D eigenvalue weighted by molar-refractivity contribution is 5.28. The summed E-state index contributed by atoms with van der Waals surface area (Å²) in [6.45, 7) is 2.80. The van der Waals surface area contributed by atoms with Crippen LogP contribution < -0.4 is 10.1 Å². The molecule has 1 rings (SSSR count). The van der Waals surface area contributed by atoms with E-state index in [0.29, 0.717) is 18.8 Å². The van der Waals surface area contributed by atoms with Crippen LogP contribution in [0.25, 0.3) is 0 Å². The van der Waals surface area contributed by atoms with Crippen molar-refractivity contribution in [2.45, 2.75) is 19.2 Å². The number of hydrogen-bond acceptors (Lipinski definition) is 3. The molecule has 1 atom stereocenters. The Morgan fingerprint density at radius 1 is 1.28 bits per heavy atom. The minimum Gasteiger partial charge on any atom is -0.489 e. The van der Waals surface area contributed by atoms with Crippen LogP contribution in [0.3, 0.4) is 0 Å². The average Bonchev–Trinajstić information content (AvgIpc) is 2.29. The molecule has 0 radical (unpaired) electrons. The van der Waals surface area contributed by atoms with Crippen LogP contribution >= 0.6 is 0 Å². The molecule has 0 aromatic heterocycles. The summed E-state index contributed by atoms with van der Waals surface area (Å²) in [6, 6.07) is 4.57. The van der Waals surface area contributed by atoms with E-state index in [1.807, 2.05) is 0 Å². The third-order valence-corrected chi connectivity index (χ3v) is 2.24. The number of halogens is 3. The molecule has 0 fully saturated rings. The second-order valence-corrected chi connectivity index (χ2v) is 3.88. The van der Waals surface area contributed by atoms with Gasteiger partial charge < -0.3 is 15.2 Å². The number of aliphatic hydroxyl groups is 1. The van der Waals surface area contributed by atoms with Gasteiger partial charge in [0.15, 0.2) is 0 Å². The predicted molar refractivity (Wildman–Crippen MR) is 61.5 cm³/mol. The molecule has 0 bridgehead atoms. The van der Waals surface area contributed by atoms with Gasteiger partial charge in [-0.2, -0.15) is 13.2 Å². The molecular weight excluding hydrogens is 247 g/mol. The molecule has 0 aliphatic carbocycles. The van der Waals surface area contributed by atoms with Crippen molar-refractivity contribution in [3.05, 3.63) is 29.8 Å². The topological polar surface area (TPSA) is 41.5 Å². The highest BCUT2D eigenvalue weighted by atomic mass is 19.4. The fourth-order valence-electron chi connectivity index (χ4n) is 1.38. The lowest BCUT2D eigenvalue weighted by molar-refractivity contribution is -0.137. The smallest absolute Gasteiger partial charge is 0.416 e. The molecule has 18 heavy (non-hydrogen) atoms. The van der Waals surface area contributed by atoms with Crippen LogP contribution in [0.1, 0.15) is 12.5 Å². The van der Waals surface area contributed by atoms with Crippen LogP contribution in [-0.2, 0) is 6.18 Å². The lowest BCUT2D eigenvalue weighted by Gasteiger charge is -2.15. The number of alkyl halides is 3. The van der Waals surface area contributed by atoms with Gasteiger partial charge in [0.25, 0.3) is 0 Å². The van der Waals surface area contributed by atoms with Gasteiger partial charge in [0, 0.05) is 13.1 Å². The van der Waals surface area contributed by atoms with Crippen molar-refractivity contribution in [3.63, 3.8) is 0 Å². The summed E-state index contributed by atoms with van der Waals surface area (Å²) in [5.41, 5.74) is -0.694.